The molecule has 0 spiro atoms. The molecular formula is C23H20N4O6. The maximum atomic E-state index is 13.0. The molecule has 0 aliphatic heterocycles. The van der Waals surface area contributed by atoms with Gasteiger partial charge in [-0.25, -0.2) is 9.59 Å². The topological polar surface area (TPSA) is 154 Å². The van der Waals surface area contributed by atoms with Crippen molar-refractivity contribution >= 4 is 35.0 Å². The van der Waals surface area contributed by atoms with Gasteiger partial charge in [0, 0.05) is 17.3 Å². The maximum absolute atomic E-state index is 13.0. The van der Waals surface area contributed by atoms with E-state index < -0.39 is 28.9 Å². The van der Waals surface area contributed by atoms with Crippen LogP contribution < -0.4 is 16.4 Å². The van der Waals surface area contributed by atoms with Crippen LogP contribution in [-0.2, 0) is 9.53 Å². The molecule has 3 aromatic carbocycles. The molecule has 4 N–H and O–H groups in total. The number of nitro groups is 1. The van der Waals surface area contributed by atoms with Crippen molar-refractivity contribution in [3.8, 4) is 0 Å². The normalized spacial score (nSPS) is 11.2. The molecular weight excluding hydrogens is 428 g/mol. The van der Waals surface area contributed by atoms with Crippen LogP contribution in [0, 0.1) is 17.0 Å². The first kappa shape index (κ1) is 22.9. The number of primary amides is 1. The van der Waals surface area contributed by atoms with Gasteiger partial charge in [-0.1, -0.05) is 36.4 Å². The fraction of sp³-hybridized carbons (Fsp3) is 0.0870. The summed E-state index contributed by atoms with van der Waals surface area (Å²) < 4.78 is 5.47. The summed E-state index contributed by atoms with van der Waals surface area (Å²) in [7, 11) is 0. The third kappa shape index (κ3) is 5.91. The molecule has 1 unspecified atom stereocenters. The Kier molecular flexibility index (Phi) is 6.99. The number of nitrogens with two attached hydrogens (primary N) is 1. The number of benzene rings is 3. The van der Waals surface area contributed by atoms with E-state index in [-0.39, 0.29) is 16.9 Å². The van der Waals surface area contributed by atoms with Crippen LogP contribution in [0.15, 0.2) is 72.8 Å². The summed E-state index contributed by atoms with van der Waals surface area (Å²) in [6.07, 6.45) is -1.37. The van der Waals surface area contributed by atoms with E-state index in [1.807, 2.05) is 0 Å². The molecule has 168 valence electrons. The molecule has 0 saturated heterocycles. The highest BCUT2D eigenvalue weighted by atomic mass is 16.6. The number of ether oxygens (including phenoxy) is 1. The Bertz CT molecular complexity index is 1200. The Morgan fingerprint density at radius 3 is 2.24 bits per heavy atom. The monoisotopic (exact) mass is 448 g/mol. The van der Waals surface area contributed by atoms with Gasteiger partial charge in [0.1, 0.15) is 5.69 Å². The summed E-state index contributed by atoms with van der Waals surface area (Å²) in [6, 6.07) is 17.6. The van der Waals surface area contributed by atoms with Gasteiger partial charge in [-0.05, 0) is 42.8 Å². The van der Waals surface area contributed by atoms with Crippen LogP contribution in [0.3, 0.4) is 0 Å². The van der Waals surface area contributed by atoms with Crippen molar-refractivity contribution in [1.29, 1.82) is 0 Å². The number of hydrogen-bond acceptors (Lipinski definition) is 6. The van der Waals surface area contributed by atoms with E-state index >= 15 is 0 Å². The molecule has 3 rings (SSSR count). The lowest BCUT2D eigenvalue weighted by molar-refractivity contribution is -0.384. The lowest BCUT2D eigenvalue weighted by Crippen LogP contribution is -2.26. The number of urea groups is 1. The number of esters is 1. The fourth-order valence-corrected chi connectivity index (χ4v) is 3.00. The van der Waals surface area contributed by atoms with Gasteiger partial charge in [-0.2, -0.15) is 0 Å². The highest BCUT2D eigenvalue weighted by molar-refractivity contribution is 5.99. The zero-order valence-electron chi connectivity index (χ0n) is 17.5. The second kappa shape index (κ2) is 10.1. The number of aryl methyl sites for hydroxylation is 1. The van der Waals surface area contributed by atoms with E-state index in [0.717, 1.165) is 0 Å². The molecule has 3 aromatic rings. The molecule has 3 amide bonds. The van der Waals surface area contributed by atoms with Crippen molar-refractivity contribution in [1.82, 2.24) is 0 Å². The predicted octanol–water partition coefficient (Wildman–Crippen LogP) is 3.93. The molecule has 0 heterocycles. The van der Waals surface area contributed by atoms with Gasteiger partial charge in [0.25, 0.3) is 11.6 Å². The van der Waals surface area contributed by atoms with Crippen molar-refractivity contribution in [3.63, 3.8) is 0 Å². The first-order valence-electron chi connectivity index (χ1n) is 9.73. The third-order valence-electron chi connectivity index (χ3n) is 4.56. The van der Waals surface area contributed by atoms with Crippen LogP contribution in [0.4, 0.5) is 21.9 Å². The smallest absolute Gasteiger partial charge is 0.339 e. The molecule has 0 aliphatic rings. The van der Waals surface area contributed by atoms with Crippen molar-refractivity contribution < 1.29 is 24.0 Å². The summed E-state index contributed by atoms with van der Waals surface area (Å²) in [5, 5.41) is 16.2. The number of nitro benzene ring substituents is 1. The minimum absolute atomic E-state index is 0.0190. The standard InChI is InChI=1S/C23H20N4O6/c1-14-7-12-18(19(13-14)27(31)32)26-21(28)20(15-5-3-2-4-6-15)33-22(29)16-8-10-17(11-9-16)25-23(24)30/h2-13,20H,1H3,(H,26,28)(H3,24,25,30). The average Bonchev–Trinajstić information content (AvgIpc) is 2.79. The number of nitrogens with zero attached hydrogens (tertiary/aromatic N) is 1. The summed E-state index contributed by atoms with van der Waals surface area (Å²) in [5.74, 6) is -1.56. The minimum Gasteiger partial charge on any atom is -0.444 e. The molecule has 10 nitrogen and oxygen atoms in total. The van der Waals surface area contributed by atoms with Gasteiger partial charge in [-0.15, -0.1) is 0 Å². The molecule has 1 atom stereocenters. The molecule has 0 fully saturated rings. The van der Waals surface area contributed by atoms with E-state index in [4.69, 9.17) is 10.5 Å². The Morgan fingerprint density at radius 2 is 1.64 bits per heavy atom. The van der Waals surface area contributed by atoms with Crippen molar-refractivity contribution in [2.24, 2.45) is 5.73 Å². The molecule has 0 aromatic heterocycles. The van der Waals surface area contributed by atoms with E-state index in [1.54, 1.807) is 43.3 Å². The van der Waals surface area contributed by atoms with Crippen molar-refractivity contribution in [2.75, 3.05) is 10.6 Å². The number of carbonyl (C=O) groups is 3. The van der Waals surface area contributed by atoms with Crippen LogP contribution >= 0.6 is 0 Å². The maximum Gasteiger partial charge on any atom is 0.339 e. The van der Waals surface area contributed by atoms with E-state index in [9.17, 15) is 24.5 Å². The molecule has 0 saturated carbocycles. The van der Waals surface area contributed by atoms with Gasteiger partial charge in [0.2, 0.25) is 6.10 Å². The zero-order valence-corrected chi connectivity index (χ0v) is 17.5. The lowest BCUT2D eigenvalue weighted by Gasteiger charge is -2.18. The number of anilines is 2. The van der Waals surface area contributed by atoms with Crippen LogP contribution in [0.2, 0.25) is 0 Å². The average molecular weight is 448 g/mol. The van der Waals surface area contributed by atoms with Crippen molar-refractivity contribution in [2.45, 2.75) is 13.0 Å². The fourth-order valence-electron chi connectivity index (χ4n) is 3.00. The molecule has 0 bridgehead atoms. The van der Waals surface area contributed by atoms with Crippen LogP contribution in [0.1, 0.15) is 27.6 Å². The largest absolute Gasteiger partial charge is 0.444 e. The minimum atomic E-state index is -1.37. The summed E-state index contributed by atoms with van der Waals surface area (Å²) in [5.41, 5.74) is 6.30. The quantitative estimate of drug-likeness (QED) is 0.283. The molecule has 10 heteroatoms. The molecule has 0 radical (unpaired) electrons. The second-order valence-corrected chi connectivity index (χ2v) is 7.03. The second-order valence-electron chi connectivity index (χ2n) is 7.03. The summed E-state index contributed by atoms with van der Waals surface area (Å²) in [4.78, 5) is 47.5. The van der Waals surface area contributed by atoms with Gasteiger partial charge in [0.05, 0.1) is 10.5 Å². The van der Waals surface area contributed by atoms with Gasteiger partial charge < -0.3 is 21.1 Å². The lowest BCUT2D eigenvalue weighted by atomic mass is 10.1. The highest BCUT2D eigenvalue weighted by Crippen LogP contribution is 2.28. The van der Waals surface area contributed by atoms with Gasteiger partial charge in [-0.3, -0.25) is 14.9 Å². The first-order chi connectivity index (χ1) is 15.7. The number of hydrogen-bond donors (Lipinski definition) is 3. The third-order valence-corrected chi connectivity index (χ3v) is 4.56. The number of nitrogens with one attached hydrogen (secondary N) is 2. The van der Waals surface area contributed by atoms with Gasteiger partial charge >= 0.3 is 12.0 Å². The molecule has 33 heavy (non-hydrogen) atoms. The van der Waals surface area contributed by atoms with E-state index in [1.165, 1.54) is 36.4 Å². The number of rotatable bonds is 7. The molecule has 0 aliphatic carbocycles. The van der Waals surface area contributed by atoms with E-state index in [2.05, 4.69) is 10.6 Å². The highest BCUT2D eigenvalue weighted by Gasteiger charge is 2.28. The number of amides is 3. The van der Waals surface area contributed by atoms with Gasteiger partial charge in [0.15, 0.2) is 0 Å². The summed E-state index contributed by atoms with van der Waals surface area (Å²) >= 11 is 0. The van der Waals surface area contributed by atoms with E-state index in [0.29, 0.717) is 16.8 Å². The van der Waals surface area contributed by atoms with Crippen LogP contribution in [-0.4, -0.2) is 22.8 Å². The number of carbonyl (C=O) groups excluding carboxylic acids is 3. The Balaban J connectivity index is 1.85. The summed E-state index contributed by atoms with van der Waals surface area (Å²) in [6.45, 7) is 1.69. The van der Waals surface area contributed by atoms with Crippen LogP contribution in [0.5, 0.6) is 0 Å². The predicted molar refractivity (Wildman–Crippen MR) is 121 cm³/mol. The van der Waals surface area contributed by atoms with Crippen molar-refractivity contribution in [3.05, 3.63) is 99.6 Å². The zero-order chi connectivity index (χ0) is 24.0. The Morgan fingerprint density at radius 1 is 0.970 bits per heavy atom. The Hall–Kier alpha value is -4.73. The SMILES string of the molecule is Cc1ccc(NC(=O)C(OC(=O)c2ccc(NC(N)=O)cc2)c2ccccc2)c([N+](=O)[O-])c1. The Labute approximate surface area is 188 Å². The first-order valence-corrected chi connectivity index (χ1v) is 9.73. The van der Waals surface area contributed by atoms with Crippen LogP contribution in [0.25, 0.3) is 0 Å².